The van der Waals surface area contributed by atoms with Crippen LogP contribution in [0, 0.1) is 11.3 Å². The summed E-state index contributed by atoms with van der Waals surface area (Å²) in [6.45, 7) is -0.884. The summed E-state index contributed by atoms with van der Waals surface area (Å²) in [4.78, 5) is 0. The van der Waals surface area contributed by atoms with Gasteiger partial charge >= 0.3 is 0 Å². The zero-order valence-corrected chi connectivity index (χ0v) is 5.97. The molecule has 0 rings (SSSR count). The van der Waals surface area contributed by atoms with Crippen molar-refractivity contribution in [2.75, 3.05) is 6.16 Å². The van der Waals surface area contributed by atoms with Crippen LogP contribution in [0.1, 0.15) is 6.42 Å². The van der Waals surface area contributed by atoms with Crippen molar-refractivity contribution >= 4 is 29.1 Å². The lowest BCUT2D eigenvalue weighted by Crippen LogP contribution is -1.67. The van der Waals surface area contributed by atoms with Gasteiger partial charge in [-0.2, -0.15) is 5.26 Å². The largest absolute Gasteiger partial charge is 0.198 e. The van der Waals surface area contributed by atoms with Crippen LogP contribution in [0.3, 0.4) is 0 Å². The molecule has 0 fully saturated rings. The van der Waals surface area contributed by atoms with Crippen LogP contribution >= 0.6 is 29.1 Å². The molecule has 0 bridgehead atoms. The van der Waals surface area contributed by atoms with Gasteiger partial charge in [0.2, 0.25) is 0 Å². The standard InChI is InChI=1S/C3H4Cl2NP/c4-7(5)3-1-2-6/h1,3H2. The lowest BCUT2D eigenvalue weighted by Gasteiger charge is -1.88. The van der Waals surface area contributed by atoms with Gasteiger partial charge in [-0.15, -0.1) is 0 Å². The minimum Gasteiger partial charge on any atom is -0.198 e. The van der Waals surface area contributed by atoms with Crippen molar-refractivity contribution in [3.8, 4) is 6.07 Å². The van der Waals surface area contributed by atoms with E-state index < -0.39 is 6.63 Å². The Hall–Kier alpha value is 0.500. The molecule has 40 valence electrons. The van der Waals surface area contributed by atoms with E-state index in [1.807, 2.05) is 6.07 Å². The Balaban J connectivity index is 2.86. The average Bonchev–Trinajstić information content (AvgIpc) is 1.61. The molecule has 1 nitrogen and oxygen atoms in total. The van der Waals surface area contributed by atoms with Gasteiger partial charge in [-0.25, -0.2) is 0 Å². The first-order chi connectivity index (χ1) is 3.27. The summed E-state index contributed by atoms with van der Waals surface area (Å²) in [5.41, 5.74) is 0. The molecule has 0 heterocycles. The van der Waals surface area contributed by atoms with E-state index >= 15 is 0 Å². The van der Waals surface area contributed by atoms with E-state index in [9.17, 15) is 0 Å². The van der Waals surface area contributed by atoms with Crippen molar-refractivity contribution in [1.82, 2.24) is 0 Å². The molecule has 0 atom stereocenters. The van der Waals surface area contributed by atoms with Gasteiger partial charge in [0.1, 0.15) is 0 Å². The molecular formula is C3H4Cl2NP. The Bertz CT molecular complexity index is 77.5. The average molecular weight is 156 g/mol. The molecule has 0 radical (unpaired) electrons. The van der Waals surface area contributed by atoms with Gasteiger partial charge < -0.3 is 0 Å². The van der Waals surface area contributed by atoms with E-state index in [2.05, 4.69) is 0 Å². The molecule has 0 spiro atoms. The molecule has 0 aliphatic carbocycles. The van der Waals surface area contributed by atoms with Gasteiger partial charge in [0.15, 0.2) is 0 Å². The monoisotopic (exact) mass is 155 g/mol. The van der Waals surface area contributed by atoms with E-state index in [-0.39, 0.29) is 0 Å². The van der Waals surface area contributed by atoms with Crippen LogP contribution in [-0.4, -0.2) is 6.16 Å². The van der Waals surface area contributed by atoms with Crippen LogP contribution in [0.15, 0.2) is 0 Å². The van der Waals surface area contributed by atoms with Gasteiger partial charge in [0.25, 0.3) is 0 Å². The summed E-state index contributed by atoms with van der Waals surface area (Å²) < 4.78 is 0. The summed E-state index contributed by atoms with van der Waals surface area (Å²) in [6.07, 6.45) is 1.10. The highest BCUT2D eigenvalue weighted by Gasteiger charge is 1.94. The third-order valence-corrected chi connectivity index (χ3v) is 1.97. The van der Waals surface area contributed by atoms with E-state index in [1.165, 1.54) is 0 Å². The Kier molecular flexibility index (Phi) is 4.99. The number of halogens is 2. The van der Waals surface area contributed by atoms with Crippen molar-refractivity contribution in [3.05, 3.63) is 0 Å². The topological polar surface area (TPSA) is 23.8 Å². The first-order valence-electron chi connectivity index (χ1n) is 1.73. The molecule has 7 heavy (non-hydrogen) atoms. The van der Waals surface area contributed by atoms with Crippen LogP contribution in [0.25, 0.3) is 0 Å². The maximum atomic E-state index is 7.96. The van der Waals surface area contributed by atoms with Gasteiger partial charge in [0.05, 0.1) is 12.7 Å². The Morgan fingerprint density at radius 1 is 1.57 bits per heavy atom. The summed E-state index contributed by atoms with van der Waals surface area (Å²) in [5, 5.41) is 7.96. The number of nitrogens with zero attached hydrogens (tertiary/aromatic N) is 1. The molecule has 0 saturated carbocycles. The fourth-order valence-electron chi connectivity index (χ4n) is 0.135. The molecule has 0 aliphatic rings. The molecular weight excluding hydrogens is 152 g/mol. The van der Waals surface area contributed by atoms with Crippen molar-refractivity contribution in [1.29, 1.82) is 5.26 Å². The molecule has 0 N–H and O–H groups in total. The fraction of sp³-hybridized carbons (Fsp3) is 0.667. The van der Waals surface area contributed by atoms with Crippen LogP contribution in [0.5, 0.6) is 0 Å². The predicted octanol–water partition coefficient (Wildman–Crippen LogP) is 2.69. The number of nitriles is 1. The second-order valence-corrected chi connectivity index (χ2v) is 4.96. The third kappa shape index (κ3) is 6.50. The number of hydrogen-bond acceptors (Lipinski definition) is 1. The first-order valence-corrected chi connectivity index (χ1v) is 5.07. The van der Waals surface area contributed by atoms with Gasteiger partial charge in [-0.05, 0) is 0 Å². The second kappa shape index (κ2) is 4.65. The van der Waals surface area contributed by atoms with Crippen molar-refractivity contribution in [2.45, 2.75) is 6.42 Å². The zero-order valence-electron chi connectivity index (χ0n) is 3.56. The predicted molar refractivity (Wildman–Crippen MR) is 33.7 cm³/mol. The smallest absolute Gasteiger partial charge is 0.0865 e. The highest BCUT2D eigenvalue weighted by molar-refractivity contribution is 8.03. The van der Waals surface area contributed by atoms with Gasteiger partial charge in [-0.3, -0.25) is 0 Å². The van der Waals surface area contributed by atoms with E-state index in [0.717, 1.165) is 0 Å². The second-order valence-electron chi connectivity index (χ2n) is 0.935. The highest BCUT2D eigenvalue weighted by atomic mass is 35.9. The van der Waals surface area contributed by atoms with Crippen molar-refractivity contribution in [2.24, 2.45) is 0 Å². The number of rotatable bonds is 2. The number of hydrogen-bond donors (Lipinski definition) is 0. The molecule has 4 heteroatoms. The quantitative estimate of drug-likeness (QED) is 0.563. The van der Waals surface area contributed by atoms with Gasteiger partial charge in [0, 0.05) is 12.6 Å². The molecule has 0 unspecified atom stereocenters. The van der Waals surface area contributed by atoms with Crippen LogP contribution < -0.4 is 0 Å². The summed E-state index contributed by atoms with van der Waals surface area (Å²) in [5.74, 6) is 0. The fourth-order valence-corrected chi connectivity index (χ4v) is 0.911. The van der Waals surface area contributed by atoms with Crippen molar-refractivity contribution < 1.29 is 0 Å². The lowest BCUT2D eigenvalue weighted by atomic mass is 10.6. The third-order valence-electron chi connectivity index (χ3n) is 0.393. The summed E-state index contributed by atoms with van der Waals surface area (Å²) in [6, 6.07) is 1.95. The summed E-state index contributed by atoms with van der Waals surface area (Å²) >= 11 is 10.7. The Morgan fingerprint density at radius 2 is 2.14 bits per heavy atom. The Morgan fingerprint density at radius 3 is 2.29 bits per heavy atom. The maximum Gasteiger partial charge on any atom is 0.0865 e. The summed E-state index contributed by atoms with van der Waals surface area (Å²) in [7, 11) is 0. The van der Waals surface area contributed by atoms with Crippen LogP contribution in [0.2, 0.25) is 0 Å². The molecule has 0 aromatic carbocycles. The SMILES string of the molecule is N#CCCP(Cl)Cl. The van der Waals surface area contributed by atoms with E-state index in [4.69, 9.17) is 27.7 Å². The minimum atomic E-state index is -0.884. The van der Waals surface area contributed by atoms with Gasteiger partial charge in [-0.1, -0.05) is 22.5 Å². The minimum absolute atomic E-state index is 0.471. The van der Waals surface area contributed by atoms with Crippen LogP contribution in [-0.2, 0) is 0 Å². The van der Waals surface area contributed by atoms with E-state index in [1.54, 1.807) is 0 Å². The highest BCUT2D eigenvalue weighted by Crippen LogP contribution is 2.46. The zero-order chi connectivity index (χ0) is 5.70. The molecule has 0 amide bonds. The molecule has 0 aromatic heterocycles. The molecule has 0 aromatic rings. The van der Waals surface area contributed by atoms with Crippen LogP contribution in [0.4, 0.5) is 0 Å². The molecule has 0 saturated heterocycles. The first kappa shape index (κ1) is 7.50. The normalized spacial score (nSPS) is 8.86. The maximum absolute atomic E-state index is 7.96. The van der Waals surface area contributed by atoms with E-state index in [0.29, 0.717) is 12.6 Å². The Labute approximate surface area is 53.6 Å². The lowest BCUT2D eigenvalue weighted by molar-refractivity contribution is 1.24. The molecule has 0 aliphatic heterocycles. The van der Waals surface area contributed by atoms with Crippen molar-refractivity contribution in [3.63, 3.8) is 0 Å².